The van der Waals surface area contributed by atoms with E-state index < -0.39 is 0 Å². The van der Waals surface area contributed by atoms with Crippen LogP contribution < -0.4 is 11.0 Å². The molecule has 0 bridgehead atoms. The van der Waals surface area contributed by atoms with Crippen molar-refractivity contribution in [3.63, 3.8) is 0 Å². The molecule has 10 nitrogen and oxygen atoms in total. The Morgan fingerprint density at radius 2 is 1.93 bits per heavy atom. The standard InChI is InChI=1S/C18H22N6O4/c1-9-13(10(2)27-22-9)8-14-11(3)28-23-16(14)17(25)19-12-4-5-15-20-21-18(26)24(15)7-6-12/h12H,4-8H2,1-3H3,(H,19,25)(H,21,26). The lowest BCUT2D eigenvalue weighted by Gasteiger charge is -2.15. The van der Waals surface area contributed by atoms with Gasteiger partial charge in [-0.3, -0.25) is 9.36 Å². The molecule has 0 aromatic carbocycles. The summed E-state index contributed by atoms with van der Waals surface area (Å²) >= 11 is 0. The molecule has 0 fully saturated rings. The lowest BCUT2D eigenvalue weighted by Crippen LogP contribution is -2.36. The van der Waals surface area contributed by atoms with Crippen LogP contribution >= 0.6 is 0 Å². The van der Waals surface area contributed by atoms with Gasteiger partial charge in [-0.2, -0.15) is 5.10 Å². The summed E-state index contributed by atoms with van der Waals surface area (Å²) in [4.78, 5) is 24.6. The van der Waals surface area contributed by atoms with Gasteiger partial charge in [0, 0.05) is 36.6 Å². The van der Waals surface area contributed by atoms with Gasteiger partial charge in [0.25, 0.3) is 5.91 Å². The molecule has 3 aromatic rings. The molecule has 10 heteroatoms. The zero-order valence-electron chi connectivity index (χ0n) is 16.0. The fraction of sp³-hybridized carbons (Fsp3) is 0.500. The largest absolute Gasteiger partial charge is 0.361 e. The Hall–Kier alpha value is -3.17. The lowest BCUT2D eigenvalue weighted by molar-refractivity contribution is 0.0923. The molecule has 1 aliphatic rings. The first-order valence-electron chi connectivity index (χ1n) is 9.26. The Kier molecular flexibility index (Phi) is 4.62. The third kappa shape index (κ3) is 3.25. The van der Waals surface area contributed by atoms with Crippen LogP contribution in [0.3, 0.4) is 0 Å². The van der Waals surface area contributed by atoms with Crippen LogP contribution in [0, 0.1) is 20.8 Å². The van der Waals surface area contributed by atoms with Gasteiger partial charge in [-0.1, -0.05) is 10.3 Å². The number of hydrogen-bond donors (Lipinski definition) is 2. The van der Waals surface area contributed by atoms with Crippen LogP contribution in [0.15, 0.2) is 13.8 Å². The number of carbonyl (C=O) groups is 1. The molecular weight excluding hydrogens is 364 g/mol. The average Bonchev–Trinajstić information content (AvgIpc) is 3.26. The van der Waals surface area contributed by atoms with Crippen LogP contribution in [0.5, 0.6) is 0 Å². The van der Waals surface area contributed by atoms with Crippen molar-refractivity contribution in [3.05, 3.63) is 50.3 Å². The van der Waals surface area contributed by atoms with Crippen LogP contribution in [0.1, 0.15) is 57.5 Å². The van der Waals surface area contributed by atoms with Crippen molar-refractivity contribution in [2.75, 3.05) is 0 Å². The smallest absolute Gasteiger partial charge is 0.343 e. The highest BCUT2D eigenvalue weighted by Gasteiger charge is 2.26. The first-order chi connectivity index (χ1) is 13.4. The van der Waals surface area contributed by atoms with E-state index in [9.17, 15) is 9.59 Å². The fourth-order valence-corrected chi connectivity index (χ4v) is 3.61. The summed E-state index contributed by atoms with van der Waals surface area (Å²) in [5, 5.41) is 17.5. The van der Waals surface area contributed by atoms with Crippen molar-refractivity contribution < 1.29 is 13.8 Å². The van der Waals surface area contributed by atoms with E-state index in [2.05, 4.69) is 25.8 Å². The van der Waals surface area contributed by atoms with Crippen LogP contribution in [-0.2, 0) is 19.4 Å². The number of nitrogens with one attached hydrogen (secondary N) is 2. The van der Waals surface area contributed by atoms with Gasteiger partial charge >= 0.3 is 5.69 Å². The van der Waals surface area contributed by atoms with E-state index in [0.717, 1.165) is 22.6 Å². The number of aromatic amines is 1. The van der Waals surface area contributed by atoms with Crippen molar-refractivity contribution >= 4 is 5.91 Å². The van der Waals surface area contributed by atoms with E-state index in [1.165, 1.54) is 0 Å². The molecule has 0 saturated heterocycles. The second-order valence-electron chi connectivity index (χ2n) is 7.14. The summed E-state index contributed by atoms with van der Waals surface area (Å²) in [5.41, 5.74) is 2.51. The van der Waals surface area contributed by atoms with E-state index >= 15 is 0 Å². The van der Waals surface area contributed by atoms with Gasteiger partial charge in [-0.15, -0.1) is 0 Å². The molecule has 2 N–H and O–H groups in total. The first kappa shape index (κ1) is 18.2. The maximum absolute atomic E-state index is 12.9. The van der Waals surface area contributed by atoms with Gasteiger partial charge < -0.3 is 14.4 Å². The van der Waals surface area contributed by atoms with Crippen molar-refractivity contribution in [3.8, 4) is 0 Å². The minimum absolute atomic E-state index is 0.0717. The molecular formula is C18H22N6O4. The van der Waals surface area contributed by atoms with Crippen LogP contribution in [0.4, 0.5) is 0 Å². The van der Waals surface area contributed by atoms with Crippen LogP contribution in [-0.4, -0.2) is 37.0 Å². The average molecular weight is 386 g/mol. The SMILES string of the molecule is Cc1noc(C)c1Cc1c(C(=O)NC2CCc3n[nH]c(=O)n3CC2)noc1C. The van der Waals surface area contributed by atoms with Gasteiger partial charge in [0.2, 0.25) is 0 Å². The molecule has 0 spiro atoms. The predicted molar refractivity (Wildman–Crippen MR) is 97.1 cm³/mol. The molecule has 0 aliphatic carbocycles. The quantitative estimate of drug-likeness (QED) is 0.688. The molecule has 3 aromatic heterocycles. The van der Waals surface area contributed by atoms with E-state index in [4.69, 9.17) is 9.05 Å². The topological polar surface area (TPSA) is 132 Å². The maximum atomic E-state index is 12.9. The van der Waals surface area contributed by atoms with Gasteiger partial charge in [0.05, 0.1) is 5.69 Å². The summed E-state index contributed by atoms with van der Waals surface area (Å²) in [7, 11) is 0. The molecule has 1 aliphatic heterocycles. The molecule has 28 heavy (non-hydrogen) atoms. The molecule has 4 rings (SSSR count). The molecule has 4 heterocycles. The van der Waals surface area contributed by atoms with Crippen LogP contribution in [0.25, 0.3) is 0 Å². The Morgan fingerprint density at radius 1 is 1.18 bits per heavy atom. The number of nitrogens with zero attached hydrogens (tertiary/aromatic N) is 4. The number of carbonyl (C=O) groups excluding carboxylic acids is 1. The summed E-state index contributed by atoms with van der Waals surface area (Å²) < 4.78 is 12.1. The Labute approximate surface area is 160 Å². The van der Waals surface area contributed by atoms with E-state index in [1.54, 1.807) is 11.5 Å². The summed E-state index contributed by atoms with van der Waals surface area (Å²) in [6, 6.07) is -0.0717. The number of amides is 1. The third-order valence-electron chi connectivity index (χ3n) is 5.32. The number of H-pyrrole nitrogens is 1. The summed E-state index contributed by atoms with van der Waals surface area (Å²) in [5.74, 6) is 1.75. The van der Waals surface area contributed by atoms with Gasteiger partial charge in [-0.25, -0.2) is 9.89 Å². The first-order valence-corrected chi connectivity index (χ1v) is 9.26. The second kappa shape index (κ2) is 7.10. The van der Waals surface area contributed by atoms with Gasteiger partial charge in [0.15, 0.2) is 5.69 Å². The Morgan fingerprint density at radius 3 is 2.68 bits per heavy atom. The van der Waals surface area contributed by atoms with E-state index in [0.29, 0.717) is 43.7 Å². The highest BCUT2D eigenvalue weighted by Crippen LogP contribution is 2.23. The lowest BCUT2D eigenvalue weighted by atomic mass is 10.0. The summed E-state index contributed by atoms with van der Waals surface area (Å²) in [6.07, 6.45) is 2.43. The number of rotatable bonds is 4. The van der Waals surface area contributed by atoms with E-state index in [1.807, 2.05) is 13.8 Å². The summed E-state index contributed by atoms with van der Waals surface area (Å²) in [6.45, 7) is 6.01. The number of fused-ring (bicyclic) bond motifs is 1. The van der Waals surface area contributed by atoms with E-state index in [-0.39, 0.29) is 23.3 Å². The minimum Gasteiger partial charge on any atom is -0.361 e. The van der Waals surface area contributed by atoms with Crippen molar-refractivity contribution in [1.29, 1.82) is 0 Å². The fourth-order valence-electron chi connectivity index (χ4n) is 3.61. The maximum Gasteiger partial charge on any atom is 0.343 e. The van der Waals surface area contributed by atoms with Crippen molar-refractivity contribution in [2.45, 2.75) is 59.0 Å². The van der Waals surface area contributed by atoms with Crippen molar-refractivity contribution in [2.24, 2.45) is 0 Å². The molecule has 0 saturated carbocycles. The molecule has 0 radical (unpaired) electrons. The van der Waals surface area contributed by atoms with Gasteiger partial charge in [0.1, 0.15) is 17.3 Å². The minimum atomic E-state index is -0.281. The molecule has 1 atom stereocenters. The third-order valence-corrected chi connectivity index (χ3v) is 5.32. The van der Waals surface area contributed by atoms with Crippen LogP contribution in [0.2, 0.25) is 0 Å². The molecule has 148 valence electrons. The zero-order chi connectivity index (χ0) is 19.8. The van der Waals surface area contributed by atoms with Gasteiger partial charge in [-0.05, 0) is 33.6 Å². The molecule has 1 amide bonds. The van der Waals surface area contributed by atoms with Crippen molar-refractivity contribution in [1.82, 2.24) is 30.4 Å². The monoisotopic (exact) mass is 386 g/mol. The Bertz CT molecular complexity index is 1050. The number of aryl methyl sites for hydroxylation is 4. The highest BCUT2D eigenvalue weighted by molar-refractivity contribution is 5.94. The molecule has 1 unspecified atom stereocenters. The number of aromatic nitrogens is 5. The number of hydrogen-bond acceptors (Lipinski definition) is 7. The normalized spacial score (nSPS) is 16.6. The zero-order valence-corrected chi connectivity index (χ0v) is 16.0. The highest BCUT2D eigenvalue weighted by atomic mass is 16.5. The Balaban J connectivity index is 1.49. The predicted octanol–water partition coefficient (Wildman–Crippen LogP) is 1.20. The second-order valence-corrected chi connectivity index (χ2v) is 7.14.